The van der Waals surface area contributed by atoms with Crippen molar-refractivity contribution in [1.82, 2.24) is 4.90 Å². The van der Waals surface area contributed by atoms with Gasteiger partial charge in [-0.25, -0.2) is 4.79 Å². The van der Waals surface area contributed by atoms with E-state index in [2.05, 4.69) is 12.2 Å². The summed E-state index contributed by atoms with van der Waals surface area (Å²) in [6.07, 6.45) is 1.97. The zero-order chi connectivity index (χ0) is 16.1. The van der Waals surface area contributed by atoms with E-state index in [0.717, 1.165) is 12.8 Å². The van der Waals surface area contributed by atoms with Crippen molar-refractivity contribution in [2.45, 2.75) is 32.7 Å². The number of hydrogen-bond acceptors (Lipinski definition) is 3. The van der Waals surface area contributed by atoms with Crippen LogP contribution in [0.25, 0.3) is 0 Å². The lowest BCUT2D eigenvalue weighted by atomic mass is 9.91. The first-order valence-electron chi connectivity index (χ1n) is 7.68. The number of likely N-dealkylation sites (tertiary alicyclic amines) is 1. The number of benzene rings is 1. The maximum Gasteiger partial charge on any atom is 0.322 e. The van der Waals surface area contributed by atoms with E-state index >= 15 is 0 Å². The summed E-state index contributed by atoms with van der Waals surface area (Å²) in [4.78, 5) is 14.3. The van der Waals surface area contributed by atoms with Crippen LogP contribution < -0.4 is 10.1 Å². The lowest BCUT2D eigenvalue weighted by Crippen LogP contribution is -2.51. The summed E-state index contributed by atoms with van der Waals surface area (Å²) < 4.78 is 5.52. The molecule has 1 aromatic rings. The molecule has 6 heteroatoms. The van der Waals surface area contributed by atoms with Gasteiger partial charge in [-0.3, -0.25) is 0 Å². The number of nitrogens with zero attached hydrogens (tertiary/aromatic N) is 1. The Bertz CT molecular complexity index is 524. The number of halogens is 1. The third-order valence-electron chi connectivity index (χ3n) is 4.06. The van der Waals surface area contributed by atoms with E-state index in [-0.39, 0.29) is 24.6 Å². The number of carbonyl (C=O) groups is 1. The van der Waals surface area contributed by atoms with Gasteiger partial charge in [-0.1, -0.05) is 24.6 Å². The van der Waals surface area contributed by atoms with Crippen molar-refractivity contribution in [3.05, 3.63) is 23.2 Å². The molecule has 22 heavy (non-hydrogen) atoms. The molecule has 1 aliphatic rings. The van der Waals surface area contributed by atoms with Crippen molar-refractivity contribution in [3.8, 4) is 5.75 Å². The summed E-state index contributed by atoms with van der Waals surface area (Å²) in [6.45, 7) is 5.01. The van der Waals surface area contributed by atoms with Crippen LogP contribution in [-0.4, -0.2) is 41.8 Å². The van der Waals surface area contributed by atoms with Crippen LogP contribution in [0, 0.1) is 5.92 Å². The number of aliphatic hydroxyl groups excluding tert-OH is 1. The summed E-state index contributed by atoms with van der Waals surface area (Å²) in [6, 6.07) is 4.87. The molecule has 0 saturated carbocycles. The first kappa shape index (κ1) is 16.9. The van der Waals surface area contributed by atoms with Crippen LogP contribution in [0.2, 0.25) is 5.02 Å². The highest BCUT2D eigenvalue weighted by molar-refractivity contribution is 6.32. The predicted molar refractivity (Wildman–Crippen MR) is 87.6 cm³/mol. The van der Waals surface area contributed by atoms with E-state index < -0.39 is 0 Å². The average Bonchev–Trinajstić information content (AvgIpc) is 2.50. The molecule has 1 saturated heterocycles. The fraction of sp³-hybridized carbons (Fsp3) is 0.562. The van der Waals surface area contributed by atoms with Crippen LogP contribution >= 0.6 is 11.6 Å². The average molecular weight is 327 g/mol. The Kier molecular flexibility index (Phi) is 5.91. The Balaban J connectivity index is 2.16. The SMILES string of the molecule is CCOc1c(Cl)cccc1NC(=O)N1CCCC(C)C1CO. The second kappa shape index (κ2) is 7.70. The van der Waals surface area contributed by atoms with E-state index in [4.69, 9.17) is 16.3 Å². The third kappa shape index (κ3) is 3.65. The van der Waals surface area contributed by atoms with Crippen LogP contribution in [-0.2, 0) is 0 Å². The fourth-order valence-electron chi connectivity index (χ4n) is 2.86. The molecule has 0 spiro atoms. The number of hydrogen-bond donors (Lipinski definition) is 2. The molecule has 1 aliphatic heterocycles. The zero-order valence-corrected chi connectivity index (χ0v) is 13.8. The van der Waals surface area contributed by atoms with Gasteiger partial charge in [-0.2, -0.15) is 0 Å². The standard InChI is InChI=1S/C16H23ClN2O3/c1-3-22-15-12(17)7-4-8-13(15)18-16(21)19-9-5-6-11(2)14(19)10-20/h4,7-8,11,14,20H,3,5-6,9-10H2,1-2H3,(H,18,21). The highest BCUT2D eigenvalue weighted by Gasteiger charge is 2.31. The van der Waals surface area contributed by atoms with Crippen molar-refractivity contribution >= 4 is 23.3 Å². The summed E-state index contributed by atoms with van der Waals surface area (Å²) in [5.41, 5.74) is 0.550. The second-order valence-electron chi connectivity index (χ2n) is 5.54. The van der Waals surface area contributed by atoms with Gasteiger partial charge in [0.2, 0.25) is 0 Å². The molecule has 1 heterocycles. The maximum absolute atomic E-state index is 12.6. The molecule has 1 aromatic carbocycles. The Morgan fingerprint density at radius 3 is 3.00 bits per heavy atom. The summed E-state index contributed by atoms with van der Waals surface area (Å²) in [7, 11) is 0. The van der Waals surface area contributed by atoms with E-state index in [1.165, 1.54) is 0 Å². The Hall–Kier alpha value is -1.46. The molecule has 1 fully saturated rings. The topological polar surface area (TPSA) is 61.8 Å². The van der Waals surface area contributed by atoms with Gasteiger partial charge in [0, 0.05) is 6.54 Å². The number of nitrogens with one attached hydrogen (secondary N) is 1. The summed E-state index contributed by atoms with van der Waals surface area (Å²) in [5.74, 6) is 0.765. The molecule has 0 aliphatic carbocycles. The summed E-state index contributed by atoms with van der Waals surface area (Å²) >= 11 is 6.13. The van der Waals surface area contributed by atoms with E-state index in [0.29, 0.717) is 29.6 Å². The molecule has 2 N–H and O–H groups in total. The maximum atomic E-state index is 12.6. The molecular weight excluding hydrogens is 304 g/mol. The van der Waals surface area contributed by atoms with E-state index in [9.17, 15) is 9.90 Å². The van der Waals surface area contributed by atoms with Crippen molar-refractivity contribution in [3.63, 3.8) is 0 Å². The highest BCUT2D eigenvalue weighted by atomic mass is 35.5. The van der Waals surface area contributed by atoms with Crippen molar-refractivity contribution in [1.29, 1.82) is 0 Å². The van der Waals surface area contributed by atoms with Gasteiger partial charge < -0.3 is 20.1 Å². The Morgan fingerprint density at radius 1 is 1.55 bits per heavy atom. The molecule has 0 bridgehead atoms. The van der Waals surface area contributed by atoms with Crippen LogP contribution in [0.5, 0.6) is 5.75 Å². The van der Waals surface area contributed by atoms with Crippen molar-refractivity contribution in [2.24, 2.45) is 5.92 Å². The first-order valence-corrected chi connectivity index (χ1v) is 8.06. The fourth-order valence-corrected chi connectivity index (χ4v) is 3.09. The van der Waals surface area contributed by atoms with Gasteiger partial charge in [-0.05, 0) is 37.8 Å². The number of urea groups is 1. The normalized spacial score (nSPS) is 21.5. The second-order valence-corrected chi connectivity index (χ2v) is 5.95. The minimum absolute atomic E-state index is 0.0253. The Morgan fingerprint density at radius 2 is 2.32 bits per heavy atom. The number of ether oxygens (including phenoxy) is 1. The Labute approximate surface area is 136 Å². The number of rotatable bonds is 4. The molecular formula is C16H23ClN2O3. The van der Waals surface area contributed by atoms with Crippen LogP contribution in [0.15, 0.2) is 18.2 Å². The monoisotopic (exact) mass is 326 g/mol. The third-order valence-corrected chi connectivity index (χ3v) is 4.36. The van der Waals surface area contributed by atoms with Gasteiger partial charge in [-0.15, -0.1) is 0 Å². The van der Waals surface area contributed by atoms with Gasteiger partial charge in [0.25, 0.3) is 0 Å². The van der Waals surface area contributed by atoms with Crippen molar-refractivity contribution < 1.29 is 14.6 Å². The molecule has 2 atom stereocenters. The minimum Gasteiger partial charge on any atom is -0.490 e. The number of piperidine rings is 1. The molecule has 5 nitrogen and oxygen atoms in total. The van der Waals surface area contributed by atoms with Gasteiger partial charge >= 0.3 is 6.03 Å². The van der Waals surface area contributed by atoms with Gasteiger partial charge in [0.15, 0.2) is 5.75 Å². The van der Waals surface area contributed by atoms with E-state index in [1.54, 1.807) is 23.1 Å². The molecule has 2 rings (SSSR count). The quantitative estimate of drug-likeness (QED) is 0.891. The van der Waals surface area contributed by atoms with Crippen molar-refractivity contribution in [2.75, 3.05) is 25.1 Å². The van der Waals surface area contributed by atoms with Crippen LogP contribution in [0.1, 0.15) is 26.7 Å². The van der Waals surface area contributed by atoms with Gasteiger partial charge in [0.05, 0.1) is 30.0 Å². The summed E-state index contributed by atoms with van der Waals surface area (Å²) in [5, 5.41) is 12.9. The smallest absolute Gasteiger partial charge is 0.322 e. The molecule has 0 aromatic heterocycles. The molecule has 0 radical (unpaired) electrons. The lowest BCUT2D eigenvalue weighted by molar-refractivity contribution is 0.0811. The van der Waals surface area contributed by atoms with Gasteiger partial charge in [0.1, 0.15) is 0 Å². The number of anilines is 1. The predicted octanol–water partition coefficient (Wildman–Crippen LogP) is 3.36. The minimum atomic E-state index is -0.228. The largest absolute Gasteiger partial charge is 0.490 e. The molecule has 122 valence electrons. The zero-order valence-electron chi connectivity index (χ0n) is 13.0. The first-order chi connectivity index (χ1) is 10.6. The van der Waals surface area contributed by atoms with Crippen LogP contribution in [0.3, 0.4) is 0 Å². The van der Waals surface area contributed by atoms with E-state index in [1.807, 2.05) is 6.92 Å². The highest BCUT2D eigenvalue weighted by Crippen LogP contribution is 2.33. The molecule has 2 unspecified atom stereocenters. The molecule has 2 amide bonds. The number of aliphatic hydroxyl groups is 1. The lowest BCUT2D eigenvalue weighted by Gasteiger charge is -2.38. The van der Waals surface area contributed by atoms with Crippen LogP contribution in [0.4, 0.5) is 10.5 Å². The number of amides is 2. The number of carbonyl (C=O) groups excluding carboxylic acids is 1. The number of para-hydroxylation sites is 1.